The lowest BCUT2D eigenvalue weighted by Gasteiger charge is -2.26. The van der Waals surface area contributed by atoms with Crippen LogP contribution in [0.15, 0.2) is 194 Å². The number of carbonyl (C=O) groups is 3. The van der Waals surface area contributed by atoms with Gasteiger partial charge in [-0.3, -0.25) is 9.59 Å². The van der Waals surface area contributed by atoms with Gasteiger partial charge in [0.25, 0.3) is 0 Å². The summed E-state index contributed by atoms with van der Waals surface area (Å²) in [5.41, 5.74) is 0. The number of rotatable bonds is 71. The highest BCUT2D eigenvalue weighted by atomic mass is 16.7. The molecule has 0 rings (SSSR count). The zero-order valence-electron chi connectivity index (χ0n) is 63.8. The van der Waals surface area contributed by atoms with E-state index in [1.54, 1.807) is 0 Å². The number of quaternary nitrogens is 1. The van der Waals surface area contributed by atoms with E-state index in [0.717, 1.165) is 148 Å². The van der Waals surface area contributed by atoms with Crippen molar-refractivity contribution in [3.05, 3.63) is 194 Å². The van der Waals surface area contributed by atoms with E-state index in [1.165, 1.54) is 116 Å². The molecule has 0 amide bonds. The summed E-state index contributed by atoms with van der Waals surface area (Å²) in [5, 5.41) is 11.9. The predicted molar refractivity (Wildman–Crippen MR) is 425 cm³/mol. The molecular formula is C90H145NO8. The molecule has 0 saturated carbocycles. The molecule has 0 aliphatic carbocycles. The monoisotopic (exact) mass is 1370 g/mol. The predicted octanol–water partition coefficient (Wildman–Crippen LogP) is 24.4. The minimum Gasteiger partial charge on any atom is -0.545 e. The van der Waals surface area contributed by atoms with E-state index in [9.17, 15) is 19.5 Å². The first kappa shape index (κ1) is 93.1. The second-order valence-electron chi connectivity index (χ2n) is 26.9. The minimum absolute atomic E-state index is 0.137. The van der Waals surface area contributed by atoms with E-state index in [1.807, 2.05) is 21.1 Å². The largest absolute Gasteiger partial charge is 0.545 e. The summed E-state index contributed by atoms with van der Waals surface area (Å²) in [5.74, 6) is -2.31. The minimum atomic E-state index is -1.64. The van der Waals surface area contributed by atoms with Gasteiger partial charge in [0.05, 0.1) is 40.3 Å². The molecule has 0 aliphatic rings. The molecule has 9 heteroatoms. The summed E-state index contributed by atoms with van der Waals surface area (Å²) in [7, 11) is 5.92. The zero-order chi connectivity index (χ0) is 71.8. The second kappa shape index (κ2) is 77.9. The molecule has 0 N–H and O–H groups in total. The molecule has 9 nitrogen and oxygen atoms in total. The molecule has 99 heavy (non-hydrogen) atoms. The van der Waals surface area contributed by atoms with Crippen LogP contribution in [0.3, 0.4) is 0 Å². The van der Waals surface area contributed by atoms with Crippen LogP contribution in [0.5, 0.6) is 0 Å². The summed E-state index contributed by atoms with van der Waals surface area (Å²) in [6, 6.07) is 0. The lowest BCUT2D eigenvalue weighted by molar-refractivity contribution is -0.870. The van der Waals surface area contributed by atoms with Crippen LogP contribution in [0.2, 0.25) is 0 Å². The normalized spacial score (nSPS) is 13.7. The van der Waals surface area contributed by atoms with Crippen molar-refractivity contribution in [3.8, 4) is 0 Å². The third-order valence-corrected chi connectivity index (χ3v) is 16.3. The standard InChI is InChI=1S/C90H145NO8/c1-6-8-10-12-14-16-18-20-22-24-26-28-30-32-34-36-38-40-41-42-43-44-45-46-47-49-51-53-55-57-59-61-63-65-67-69-71-73-75-77-79-81-88(93)99-86(85-98-90(89(94)95)96-83-82-91(3,4)5)84-97-87(92)80-78-76-74-72-70-68-66-64-62-60-58-56-54-52-50-48-39-37-35-33-31-29-27-25-23-21-19-17-15-13-11-9-7-2/h8-11,14-17,20-23,26-29,32-35,38,40,42-43,45-46,49,51,55,57,61,63,86,90H,6-7,12-13,18-19,24-25,30-31,36-37,39,41,44,47-48,50,52-54,56,58-60,62,64-85H2,1-5H3/b10-8-,11-9-,16-14-,17-15-,22-20-,23-21-,28-26-,29-27-,34-32-,35-33-,40-38-,43-42-,46-45-,51-49-,57-55-,63-61-. The third-order valence-electron chi connectivity index (χ3n) is 16.3. The van der Waals surface area contributed by atoms with Crippen LogP contribution >= 0.6 is 0 Å². The quantitative estimate of drug-likeness (QED) is 0.0195. The van der Waals surface area contributed by atoms with Crippen molar-refractivity contribution in [1.29, 1.82) is 0 Å². The van der Waals surface area contributed by atoms with Crippen molar-refractivity contribution in [3.63, 3.8) is 0 Å². The topological polar surface area (TPSA) is 111 Å². The number of unbranched alkanes of at least 4 members (excludes halogenated alkanes) is 24. The van der Waals surface area contributed by atoms with Crippen molar-refractivity contribution in [2.45, 2.75) is 309 Å². The highest BCUT2D eigenvalue weighted by Gasteiger charge is 2.22. The van der Waals surface area contributed by atoms with Gasteiger partial charge in [0.15, 0.2) is 12.4 Å². The Bertz CT molecular complexity index is 2340. The van der Waals surface area contributed by atoms with Crippen LogP contribution in [-0.2, 0) is 33.3 Å². The fourth-order valence-corrected chi connectivity index (χ4v) is 10.4. The average Bonchev–Trinajstić information content (AvgIpc) is 2.62. The smallest absolute Gasteiger partial charge is 0.306 e. The molecule has 0 aromatic rings. The molecule has 0 heterocycles. The van der Waals surface area contributed by atoms with E-state index in [0.29, 0.717) is 17.4 Å². The Morgan fingerprint density at radius 1 is 0.303 bits per heavy atom. The zero-order valence-corrected chi connectivity index (χ0v) is 63.8. The fourth-order valence-electron chi connectivity index (χ4n) is 10.4. The molecule has 0 fully saturated rings. The van der Waals surface area contributed by atoms with Crippen LogP contribution in [0.25, 0.3) is 0 Å². The maximum absolute atomic E-state index is 13.0. The first-order chi connectivity index (χ1) is 48.6. The van der Waals surface area contributed by atoms with Crippen LogP contribution in [0, 0.1) is 0 Å². The van der Waals surface area contributed by atoms with Crippen LogP contribution < -0.4 is 5.11 Å². The Morgan fingerprint density at radius 2 is 0.545 bits per heavy atom. The van der Waals surface area contributed by atoms with E-state index in [4.69, 9.17) is 18.9 Å². The summed E-state index contributed by atoms with van der Waals surface area (Å²) < 4.78 is 22.8. The number of nitrogens with zero attached hydrogens (tertiary/aromatic N) is 1. The molecule has 0 saturated heterocycles. The number of carbonyl (C=O) groups excluding carboxylic acids is 3. The molecular weight excluding hydrogens is 1220 g/mol. The molecule has 0 radical (unpaired) electrons. The Balaban J connectivity index is 4.14. The van der Waals surface area contributed by atoms with Gasteiger partial charge in [0.2, 0.25) is 0 Å². The first-order valence-electron chi connectivity index (χ1n) is 39.6. The van der Waals surface area contributed by atoms with Gasteiger partial charge < -0.3 is 33.3 Å². The first-order valence-corrected chi connectivity index (χ1v) is 39.6. The lowest BCUT2D eigenvalue weighted by Crippen LogP contribution is -2.44. The average molecular weight is 1370 g/mol. The molecule has 0 aromatic heterocycles. The molecule has 2 atom stereocenters. The SMILES string of the molecule is CC/C=C\C/C=C\C/C=C\C/C=C\C/C=C\C/C=C\C/C=C\C/C=C\C/C=C\C/C=C\C/C=C\CCCCCCCCCC(=O)OC(COC(=O)CCCCCCCCCCCCCCCCCCC/C=C\C/C=C\C/C=C\C/C=C\C/C=C\CC)COC(OCC[N+](C)(C)C)C(=O)[O-]. The maximum atomic E-state index is 13.0. The van der Waals surface area contributed by atoms with Crippen LogP contribution in [-0.4, -0.2) is 82.3 Å². The Morgan fingerprint density at radius 3 is 0.808 bits per heavy atom. The van der Waals surface area contributed by atoms with E-state index in [2.05, 4.69) is 208 Å². The molecule has 0 aromatic carbocycles. The van der Waals surface area contributed by atoms with Gasteiger partial charge in [-0.1, -0.05) is 337 Å². The van der Waals surface area contributed by atoms with Gasteiger partial charge in [-0.05, 0) is 141 Å². The summed E-state index contributed by atoms with van der Waals surface area (Å²) in [6.45, 7) is 4.51. The molecule has 0 bridgehead atoms. The molecule has 0 spiro atoms. The fraction of sp³-hybridized carbons (Fsp3) is 0.611. The highest BCUT2D eigenvalue weighted by molar-refractivity contribution is 5.70. The second-order valence-corrected chi connectivity index (χ2v) is 26.9. The van der Waals surface area contributed by atoms with Crippen molar-refractivity contribution < 1.29 is 42.9 Å². The number of ether oxygens (including phenoxy) is 4. The van der Waals surface area contributed by atoms with Crippen LogP contribution in [0.1, 0.15) is 296 Å². The Labute approximate surface area is 608 Å². The van der Waals surface area contributed by atoms with Gasteiger partial charge in [-0.15, -0.1) is 0 Å². The maximum Gasteiger partial charge on any atom is 0.306 e. The molecule has 2 unspecified atom stereocenters. The van der Waals surface area contributed by atoms with Crippen LogP contribution in [0.4, 0.5) is 0 Å². The number of carboxylic acid groups (broad SMARTS) is 1. The Hall–Kier alpha value is -5.87. The van der Waals surface area contributed by atoms with E-state index >= 15 is 0 Å². The summed E-state index contributed by atoms with van der Waals surface area (Å²) >= 11 is 0. The van der Waals surface area contributed by atoms with Gasteiger partial charge >= 0.3 is 11.9 Å². The van der Waals surface area contributed by atoms with Crippen molar-refractivity contribution >= 4 is 17.9 Å². The number of esters is 2. The van der Waals surface area contributed by atoms with Gasteiger partial charge in [0, 0.05) is 12.8 Å². The van der Waals surface area contributed by atoms with Crippen molar-refractivity contribution in [2.75, 3.05) is 47.5 Å². The van der Waals surface area contributed by atoms with Gasteiger partial charge in [-0.25, -0.2) is 0 Å². The lowest BCUT2D eigenvalue weighted by atomic mass is 10.0. The highest BCUT2D eigenvalue weighted by Crippen LogP contribution is 2.17. The third kappa shape index (κ3) is 79.3. The summed E-state index contributed by atoms with van der Waals surface area (Å²) in [4.78, 5) is 37.6. The van der Waals surface area contributed by atoms with Crippen molar-refractivity contribution in [1.82, 2.24) is 0 Å². The number of hydrogen-bond acceptors (Lipinski definition) is 8. The number of allylic oxidation sites excluding steroid dienone is 32. The molecule has 558 valence electrons. The van der Waals surface area contributed by atoms with Gasteiger partial charge in [0.1, 0.15) is 13.2 Å². The van der Waals surface area contributed by atoms with E-state index in [-0.39, 0.29) is 38.6 Å². The summed E-state index contributed by atoms with van der Waals surface area (Å²) in [6.07, 6.45) is 117. The van der Waals surface area contributed by atoms with E-state index < -0.39 is 24.3 Å². The molecule has 0 aliphatic heterocycles. The Kier molecular flexibility index (Phi) is 73.2. The number of carboxylic acids is 1. The van der Waals surface area contributed by atoms with Gasteiger partial charge in [-0.2, -0.15) is 0 Å². The number of aliphatic carboxylic acids is 1. The number of hydrogen-bond donors (Lipinski definition) is 0. The van der Waals surface area contributed by atoms with Crippen molar-refractivity contribution in [2.24, 2.45) is 0 Å². The number of likely N-dealkylation sites (N-methyl/N-ethyl adjacent to an activating group) is 1.